The number of epoxide rings is 3. The van der Waals surface area contributed by atoms with E-state index in [1.807, 2.05) is 6.07 Å². The number of hydrogen-bond donors (Lipinski definition) is 2. The Labute approximate surface area is 117 Å². The first-order chi connectivity index (χ1) is 9.70. The summed E-state index contributed by atoms with van der Waals surface area (Å²) >= 11 is 0. The lowest BCUT2D eigenvalue weighted by molar-refractivity contribution is 0.397. The maximum absolute atomic E-state index is 10.2. The topological polar surface area (TPSA) is 83.8 Å². The van der Waals surface area contributed by atoms with Gasteiger partial charge in [0.1, 0.15) is 5.75 Å². The summed E-state index contributed by atoms with van der Waals surface area (Å²) in [5.41, 5.74) is 10.1. The summed E-state index contributed by atoms with van der Waals surface area (Å²) < 4.78 is 15.9. The zero-order chi connectivity index (χ0) is 13.7. The molecule has 3 N–H and O–H groups in total. The number of hydrogen-bond acceptors (Lipinski definition) is 5. The Morgan fingerprint density at radius 1 is 0.950 bits per heavy atom. The molecule has 0 radical (unpaired) electrons. The number of benzene rings is 1. The van der Waals surface area contributed by atoms with Crippen molar-refractivity contribution in [3.05, 3.63) is 22.8 Å². The summed E-state index contributed by atoms with van der Waals surface area (Å²) in [6.07, 6.45) is 3.12. The minimum atomic E-state index is 0.214. The van der Waals surface area contributed by atoms with Gasteiger partial charge in [-0.3, -0.25) is 0 Å². The van der Waals surface area contributed by atoms with E-state index >= 15 is 0 Å². The third kappa shape index (κ3) is 2.61. The summed E-state index contributed by atoms with van der Waals surface area (Å²) in [6.45, 7) is 2.37. The minimum absolute atomic E-state index is 0.214. The summed E-state index contributed by atoms with van der Waals surface area (Å²) in [7, 11) is 0. The molecule has 1 aromatic carbocycles. The Kier molecular flexibility index (Phi) is 2.87. The van der Waals surface area contributed by atoms with Crippen molar-refractivity contribution in [1.29, 1.82) is 0 Å². The quantitative estimate of drug-likeness (QED) is 0.593. The van der Waals surface area contributed by atoms with Gasteiger partial charge in [0.25, 0.3) is 0 Å². The number of nitrogens with two attached hydrogens (primary N) is 1. The Hall–Kier alpha value is -1.30. The largest absolute Gasteiger partial charge is 0.508 e. The second-order valence-electron chi connectivity index (χ2n) is 5.90. The standard InChI is InChI=1S/C15H19NO4/c16-15-12(3-10-6-19-10)8(1-9-5-18-9)2-14(17)13(15)4-11-7-20-11/h2,9-11,17H,1,3-7,16H2. The zero-order valence-corrected chi connectivity index (χ0v) is 11.3. The molecule has 3 unspecified atom stereocenters. The molecule has 3 aliphatic rings. The number of nitrogen functional groups attached to an aromatic ring is 1. The van der Waals surface area contributed by atoms with Crippen LogP contribution in [0.15, 0.2) is 6.07 Å². The highest BCUT2D eigenvalue weighted by Crippen LogP contribution is 2.37. The van der Waals surface area contributed by atoms with Crippen LogP contribution in [-0.2, 0) is 33.5 Å². The molecule has 3 heterocycles. The van der Waals surface area contributed by atoms with Gasteiger partial charge in [0, 0.05) is 30.5 Å². The Bertz CT molecular complexity index is 533. The van der Waals surface area contributed by atoms with Crippen molar-refractivity contribution in [2.45, 2.75) is 37.6 Å². The first-order valence-electron chi connectivity index (χ1n) is 7.17. The van der Waals surface area contributed by atoms with Crippen LogP contribution in [0.3, 0.4) is 0 Å². The van der Waals surface area contributed by atoms with Crippen molar-refractivity contribution < 1.29 is 19.3 Å². The van der Waals surface area contributed by atoms with E-state index < -0.39 is 0 Å². The fourth-order valence-corrected chi connectivity index (χ4v) is 2.73. The molecule has 20 heavy (non-hydrogen) atoms. The fraction of sp³-hybridized carbons (Fsp3) is 0.600. The van der Waals surface area contributed by atoms with Crippen LogP contribution in [0.4, 0.5) is 5.69 Å². The molecule has 3 saturated heterocycles. The van der Waals surface area contributed by atoms with Gasteiger partial charge >= 0.3 is 0 Å². The molecule has 1 aromatic rings. The second kappa shape index (κ2) is 4.62. The van der Waals surface area contributed by atoms with Gasteiger partial charge in [0.15, 0.2) is 0 Å². The number of phenolic OH excluding ortho intramolecular Hbond substituents is 1. The van der Waals surface area contributed by atoms with E-state index in [-0.39, 0.29) is 24.1 Å². The summed E-state index contributed by atoms with van der Waals surface area (Å²) in [5.74, 6) is 0.286. The highest BCUT2D eigenvalue weighted by molar-refractivity contribution is 5.63. The molecule has 5 nitrogen and oxygen atoms in total. The monoisotopic (exact) mass is 277 g/mol. The van der Waals surface area contributed by atoms with Gasteiger partial charge in [-0.1, -0.05) is 0 Å². The van der Waals surface area contributed by atoms with Gasteiger partial charge in [-0.2, -0.15) is 0 Å². The van der Waals surface area contributed by atoms with Gasteiger partial charge in [-0.15, -0.1) is 0 Å². The van der Waals surface area contributed by atoms with Crippen LogP contribution in [0.2, 0.25) is 0 Å². The van der Waals surface area contributed by atoms with Gasteiger partial charge < -0.3 is 25.1 Å². The molecular formula is C15H19NO4. The highest BCUT2D eigenvalue weighted by atomic mass is 16.6. The normalized spacial score (nSPS) is 30.3. The van der Waals surface area contributed by atoms with E-state index in [0.29, 0.717) is 12.1 Å². The molecule has 3 atom stereocenters. The minimum Gasteiger partial charge on any atom is -0.508 e. The van der Waals surface area contributed by atoms with Gasteiger partial charge in [-0.25, -0.2) is 0 Å². The highest BCUT2D eigenvalue weighted by Gasteiger charge is 2.31. The van der Waals surface area contributed by atoms with E-state index in [9.17, 15) is 5.11 Å². The summed E-state index contributed by atoms with van der Waals surface area (Å²) in [6, 6.07) is 1.85. The molecule has 0 aliphatic carbocycles. The van der Waals surface area contributed by atoms with E-state index in [2.05, 4.69) is 0 Å². The number of aromatic hydroxyl groups is 1. The average molecular weight is 277 g/mol. The molecule has 0 aromatic heterocycles. The molecule has 0 saturated carbocycles. The predicted octanol–water partition coefficient (Wildman–Crippen LogP) is 0.798. The molecule has 0 bridgehead atoms. The van der Waals surface area contributed by atoms with Crippen LogP contribution in [-0.4, -0.2) is 43.2 Å². The van der Waals surface area contributed by atoms with Gasteiger partial charge in [-0.05, 0) is 17.2 Å². The van der Waals surface area contributed by atoms with Crippen LogP contribution < -0.4 is 5.73 Å². The molecule has 0 amide bonds. The first-order valence-corrected chi connectivity index (χ1v) is 7.17. The lowest BCUT2D eigenvalue weighted by Crippen LogP contribution is -2.10. The summed E-state index contributed by atoms with van der Waals surface area (Å²) in [4.78, 5) is 0. The van der Waals surface area contributed by atoms with Crippen molar-refractivity contribution in [2.24, 2.45) is 0 Å². The second-order valence-corrected chi connectivity index (χ2v) is 5.90. The van der Waals surface area contributed by atoms with Crippen LogP contribution >= 0.6 is 0 Å². The number of rotatable bonds is 6. The van der Waals surface area contributed by atoms with Crippen LogP contribution in [0.1, 0.15) is 16.7 Å². The molecule has 0 spiro atoms. The average Bonchev–Trinajstić information content (AvgIpc) is 3.22. The lowest BCUT2D eigenvalue weighted by Gasteiger charge is -2.16. The molecule has 3 aliphatic heterocycles. The third-order valence-corrected chi connectivity index (χ3v) is 4.18. The summed E-state index contributed by atoms with van der Waals surface area (Å²) in [5, 5.41) is 10.2. The molecule has 108 valence electrons. The SMILES string of the molecule is Nc1c(CC2CO2)c(O)cc(CC2CO2)c1CC1CO1. The Morgan fingerprint density at radius 3 is 2.00 bits per heavy atom. The van der Waals surface area contributed by atoms with Crippen LogP contribution in [0.25, 0.3) is 0 Å². The van der Waals surface area contributed by atoms with E-state index in [1.165, 1.54) is 0 Å². The number of ether oxygens (including phenoxy) is 3. The Morgan fingerprint density at radius 2 is 1.45 bits per heavy atom. The van der Waals surface area contributed by atoms with Crippen molar-refractivity contribution in [1.82, 2.24) is 0 Å². The van der Waals surface area contributed by atoms with Crippen molar-refractivity contribution in [3.63, 3.8) is 0 Å². The van der Waals surface area contributed by atoms with Crippen molar-refractivity contribution in [3.8, 4) is 5.75 Å². The molecular weight excluding hydrogens is 258 g/mol. The molecule has 3 fully saturated rings. The van der Waals surface area contributed by atoms with Crippen molar-refractivity contribution >= 4 is 5.69 Å². The maximum atomic E-state index is 10.2. The first kappa shape index (κ1) is 12.4. The smallest absolute Gasteiger partial charge is 0.121 e. The zero-order valence-electron chi connectivity index (χ0n) is 11.3. The number of phenols is 1. The number of anilines is 1. The van der Waals surface area contributed by atoms with Gasteiger partial charge in [0.2, 0.25) is 0 Å². The van der Waals surface area contributed by atoms with Crippen LogP contribution in [0.5, 0.6) is 5.75 Å². The Balaban J connectivity index is 1.68. The lowest BCUT2D eigenvalue weighted by atomic mass is 9.92. The fourth-order valence-electron chi connectivity index (χ4n) is 2.73. The molecule has 4 rings (SSSR count). The maximum Gasteiger partial charge on any atom is 0.121 e. The third-order valence-electron chi connectivity index (χ3n) is 4.18. The molecule has 5 heteroatoms. The van der Waals surface area contributed by atoms with E-state index in [1.54, 1.807) is 0 Å². The van der Waals surface area contributed by atoms with E-state index in [0.717, 1.165) is 49.4 Å². The van der Waals surface area contributed by atoms with Gasteiger partial charge in [0.05, 0.1) is 38.1 Å². The van der Waals surface area contributed by atoms with Crippen molar-refractivity contribution in [2.75, 3.05) is 25.6 Å². The predicted molar refractivity (Wildman–Crippen MR) is 72.9 cm³/mol. The van der Waals surface area contributed by atoms with E-state index in [4.69, 9.17) is 19.9 Å². The van der Waals surface area contributed by atoms with Crippen LogP contribution in [0, 0.1) is 0 Å².